The van der Waals surface area contributed by atoms with Crippen molar-refractivity contribution in [3.05, 3.63) is 60.5 Å². The predicted molar refractivity (Wildman–Crippen MR) is 118 cm³/mol. The van der Waals surface area contributed by atoms with Gasteiger partial charge in [0.05, 0.1) is 5.69 Å². The highest BCUT2D eigenvalue weighted by atomic mass is 32.1. The van der Waals surface area contributed by atoms with Gasteiger partial charge in [-0.25, -0.2) is 9.67 Å². The Morgan fingerprint density at radius 3 is 2.61 bits per heavy atom. The minimum Gasteiger partial charge on any atom is -0.355 e. The van der Waals surface area contributed by atoms with Crippen LogP contribution in [0.15, 0.2) is 60.5 Å². The van der Waals surface area contributed by atoms with E-state index in [1.165, 1.54) is 11.3 Å². The number of rotatable bonds is 5. The van der Waals surface area contributed by atoms with Crippen LogP contribution in [0.5, 0.6) is 0 Å². The Bertz CT molecular complexity index is 1140. The van der Waals surface area contributed by atoms with Gasteiger partial charge in [0.25, 0.3) is 0 Å². The number of carbonyl (C=O) groups excluding carboxylic acids is 1. The summed E-state index contributed by atoms with van der Waals surface area (Å²) in [4.78, 5) is 23.5. The molecule has 1 N–H and O–H groups in total. The van der Waals surface area contributed by atoms with E-state index in [-0.39, 0.29) is 11.8 Å². The molecule has 0 atom stereocenters. The molecule has 0 radical (unpaired) electrons. The number of nitrogens with zero attached hydrogens (tertiary/aromatic N) is 7. The van der Waals surface area contributed by atoms with Crippen LogP contribution >= 0.6 is 11.3 Å². The second kappa shape index (κ2) is 8.60. The van der Waals surface area contributed by atoms with Crippen LogP contribution in [-0.4, -0.2) is 48.9 Å². The van der Waals surface area contributed by atoms with E-state index >= 15 is 0 Å². The monoisotopic (exact) mass is 432 g/mol. The van der Waals surface area contributed by atoms with Gasteiger partial charge in [-0.15, -0.1) is 21.5 Å². The summed E-state index contributed by atoms with van der Waals surface area (Å²) < 4.78 is 1.67. The lowest BCUT2D eigenvalue weighted by molar-refractivity contribution is -0.120. The van der Waals surface area contributed by atoms with Gasteiger partial charge in [0.2, 0.25) is 5.91 Å². The topological polar surface area (TPSA) is 102 Å². The highest BCUT2D eigenvalue weighted by Crippen LogP contribution is 2.27. The highest BCUT2D eigenvalue weighted by Gasteiger charge is 2.26. The molecular formula is C21H20N8OS. The summed E-state index contributed by atoms with van der Waals surface area (Å²) in [5.74, 6) is 1.47. The summed E-state index contributed by atoms with van der Waals surface area (Å²) in [5.41, 5.74) is 1.76. The van der Waals surface area contributed by atoms with Crippen molar-refractivity contribution in [3.63, 3.8) is 0 Å². The van der Waals surface area contributed by atoms with E-state index in [1.807, 2.05) is 41.9 Å². The van der Waals surface area contributed by atoms with Gasteiger partial charge in [-0.3, -0.25) is 9.78 Å². The summed E-state index contributed by atoms with van der Waals surface area (Å²) >= 11 is 1.43. The van der Waals surface area contributed by atoms with Gasteiger partial charge in [0, 0.05) is 54.7 Å². The first-order valence-corrected chi connectivity index (χ1v) is 10.9. The highest BCUT2D eigenvalue weighted by molar-refractivity contribution is 7.14. The Balaban J connectivity index is 1.16. The first kappa shape index (κ1) is 19.3. The maximum Gasteiger partial charge on any atom is 0.229 e. The van der Waals surface area contributed by atoms with Crippen LogP contribution in [0.3, 0.4) is 0 Å². The smallest absolute Gasteiger partial charge is 0.229 e. The third-order valence-corrected chi connectivity index (χ3v) is 6.01. The summed E-state index contributed by atoms with van der Waals surface area (Å²) in [6.07, 6.45) is 8.54. The zero-order chi connectivity index (χ0) is 21.0. The molecule has 0 unspecified atom stereocenters. The molecule has 1 aliphatic rings. The van der Waals surface area contributed by atoms with Crippen LogP contribution in [0.25, 0.3) is 17.1 Å². The van der Waals surface area contributed by atoms with Gasteiger partial charge in [0.15, 0.2) is 16.8 Å². The number of pyridine rings is 1. The lowest BCUT2D eigenvalue weighted by atomic mass is 9.96. The van der Waals surface area contributed by atoms with Crippen molar-refractivity contribution < 1.29 is 4.79 Å². The molecule has 0 aliphatic carbocycles. The van der Waals surface area contributed by atoms with E-state index in [0.717, 1.165) is 43.0 Å². The number of piperidine rings is 1. The van der Waals surface area contributed by atoms with Crippen molar-refractivity contribution >= 4 is 28.2 Å². The van der Waals surface area contributed by atoms with E-state index in [2.05, 4.69) is 35.5 Å². The number of anilines is 2. The SMILES string of the molecule is O=C(Nc1nc(-c2cccnc2)cs1)C1CCN(c2ccc(-n3cccn3)nn2)CC1. The van der Waals surface area contributed by atoms with E-state index in [9.17, 15) is 4.79 Å². The second-order valence-electron chi connectivity index (χ2n) is 7.23. The lowest BCUT2D eigenvalue weighted by Crippen LogP contribution is -2.38. The average Bonchev–Trinajstić information content (AvgIpc) is 3.53. The molecule has 0 bridgehead atoms. The average molecular weight is 433 g/mol. The normalized spacial score (nSPS) is 14.5. The molecule has 31 heavy (non-hydrogen) atoms. The number of nitrogens with one attached hydrogen (secondary N) is 1. The molecule has 4 aromatic heterocycles. The molecule has 5 rings (SSSR count). The quantitative estimate of drug-likeness (QED) is 0.517. The van der Waals surface area contributed by atoms with Crippen molar-refractivity contribution in [1.82, 2.24) is 29.9 Å². The number of aromatic nitrogens is 6. The van der Waals surface area contributed by atoms with E-state index in [1.54, 1.807) is 23.3 Å². The number of hydrogen-bond acceptors (Lipinski definition) is 8. The Labute approximate surface area is 182 Å². The van der Waals surface area contributed by atoms with Crippen LogP contribution in [0, 0.1) is 5.92 Å². The number of carbonyl (C=O) groups is 1. The zero-order valence-electron chi connectivity index (χ0n) is 16.6. The van der Waals surface area contributed by atoms with Crippen LogP contribution < -0.4 is 10.2 Å². The van der Waals surface area contributed by atoms with E-state index in [4.69, 9.17) is 0 Å². The molecule has 1 fully saturated rings. The maximum absolute atomic E-state index is 12.7. The largest absolute Gasteiger partial charge is 0.355 e. The molecule has 4 aromatic rings. The van der Waals surface area contributed by atoms with Crippen molar-refractivity contribution in [2.75, 3.05) is 23.3 Å². The van der Waals surface area contributed by atoms with Gasteiger partial charge >= 0.3 is 0 Å². The summed E-state index contributed by atoms with van der Waals surface area (Å²) in [6, 6.07) is 9.51. The fourth-order valence-electron chi connectivity index (χ4n) is 3.57. The van der Waals surface area contributed by atoms with Crippen LogP contribution in [-0.2, 0) is 4.79 Å². The molecule has 0 saturated carbocycles. The third kappa shape index (κ3) is 4.29. The molecule has 1 saturated heterocycles. The number of amides is 1. The van der Waals surface area contributed by atoms with Crippen molar-refractivity contribution in [3.8, 4) is 17.1 Å². The van der Waals surface area contributed by atoms with Gasteiger partial charge in [-0.2, -0.15) is 5.10 Å². The maximum atomic E-state index is 12.7. The minimum atomic E-state index is -0.0432. The molecule has 5 heterocycles. The Kier molecular flexibility index (Phi) is 5.36. The van der Waals surface area contributed by atoms with Gasteiger partial charge in [-0.05, 0) is 43.2 Å². The molecule has 1 aliphatic heterocycles. The fourth-order valence-corrected chi connectivity index (χ4v) is 4.29. The van der Waals surface area contributed by atoms with Crippen LogP contribution in [0.2, 0.25) is 0 Å². The summed E-state index contributed by atoms with van der Waals surface area (Å²) in [7, 11) is 0. The Morgan fingerprint density at radius 2 is 1.90 bits per heavy atom. The van der Waals surface area contributed by atoms with Crippen LogP contribution in [0.4, 0.5) is 10.9 Å². The fraction of sp³-hybridized carbons (Fsp3) is 0.238. The molecule has 10 heteroatoms. The standard InChI is InChI=1S/C21H20N8OS/c30-20(25-21-24-17(14-31-21)16-3-1-8-22-13-16)15-6-11-28(12-7-15)18-4-5-19(27-26-18)29-10-2-9-23-29/h1-5,8-10,13-15H,6-7,11-12H2,(H,24,25,30). The third-order valence-electron chi connectivity index (χ3n) is 5.26. The minimum absolute atomic E-state index is 0.0202. The van der Waals surface area contributed by atoms with Crippen LogP contribution in [0.1, 0.15) is 12.8 Å². The second-order valence-corrected chi connectivity index (χ2v) is 8.09. The Morgan fingerprint density at radius 1 is 1.06 bits per heavy atom. The molecular weight excluding hydrogens is 412 g/mol. The van der Waals surface area contributed by atoms with E-state index in [0.29, 0.717) is 10.9 Å². The van der Waals surface area contributed by atoms with Crippen molar-refractivity contribution in [2.45, 2.75) is 12.8 Å². The summed E-state index contributed by atoms with van der Waals surface area (Å²) in [5, 5.41) is 18.3. The van der Waals surface area contributed by atoms with E-state index < -0.39 is 0 Å². The lowest BCUT2D eigenvalue weighted by Gasteiger charge is -2.31. The Hall–Kier alpha value is -3.66. The molecule has 0 aromatic carbocycles. The molecule has 1 amide bonds. The van der Waals surface area contributed by atoms with Crippen molar-refractivity contribution in [2.24, 2.45) is 5.92 Å². The molecule has 9 nitrogen and oxygen atoms in total. The first-order valence-electron chi connectivity index (χ1n) is 10.0. The van der Waals surface area contributed by atoms with Crippen molar-refractivity contribution in [1.29, 1.82) is 0 Å². The summed E-state index contributed by atoms with van der Waals surface area (Å²) in [6.45, 7) is 1.51. The molecule has 0 spiro atoms. The first-order chi connectivity index (χ1) is 15.3. The van der Waals surface area contributed by atoms with Gasteiger partial charge in [-0.1, -0.05) is 0 Å². The zero-order valence-corrected chi connectivity index (χ0v) is 17.4. The molecule has 156 valence electrons. The van der Waals surface area contributed by atoms with Gasteiger partial charge in [0.1, 0.15) is 0 Å². The van der Waals surface area contributed by atoms with Gasteiger partial charge < -0.3 is 10.2 Å². The number of hydrogen-bond donors (Lipinski definition) is 1. The number of thiazole rings is 1. The predicted octanol–water partition coefficient (Wildman–Crippen LogP) is 3.04.